The lowest BCUT2D eigenvalue weighted by Crippen LogP contribution is -2.51. The normalized spacial score (nSPS) is 36.9. The molecule has 2 saturated carbocycles. The number of alkyl halides is 3. The molecule has 0 aromatic carbocycles. The largest absolute Gasteiger partial charge is 0.462 e. The zero-order valence-corrected chi connectivity index (χ0v) is 21.3. The Labute approximate surface area is 208 Å². The summed E-state index contributed by atoms with van der Waals surface area (Å²) in [5.74, 6) is -3.24. The van der Waals surface area contributed by atoms with Crippen LogP contribution < -0.4 is 0 Å². The first kappa shape index (κ1) is 26.5. The Bertz CT molecular complexity index is 1070. The molecule has 0 N–H and O–H groups in total. The molecule has 0 saturated heterocycles. The highest BCUT2D eigenvalue weighted by Gasteiger charge is 2.60. The van der Waals surface area contributed by atoms with Crippen LogP contribution in [0.4, 0.5) is 13.2 Å². The Hall–Kier alpha value is -2.58. The number of hydrogen-bond acceptors (Lipinski definition) is 6. The lowest BCUT2D eigenvalue weighted by molar-refractivity contribution is -0.159. The van der Waals surface area contributed by atoms with E-state index in [0.717, 1.165) is 51.5 Å². The van der Waals surface area contributed by atoms with Crippen LogP contribution in [-0.4, -0.2) is 30.2 Å². The first-order valence-corrected chi connectivity index (χ1v) is 12.4. The number of allylic oxidation sites excluding steroid dienone is 5. The molecular formula is C27H33F3O6. The minimum Gasteiger partial charge on any atom is -0.462 e. The van der Waals surface area contributed by atoms with Gasteiger partial charge < -0.3 is 14.2 Å². The first-order chi connectivity index (χ1) is 16.7. The third kappa shape index (κ3) is 4.50. The van der Waals surface area contributed by atoms with Gasteiger partial charge in [-0.1, -0.05) is 19.9 Å². The Kier molecular flexibility index (Phi) is 6.67. The zero-order valence-electron chi connectivity index (χ0n) is 21.3. The molecule has 36 heavy (non-hydrogen) atoms. The number of hydrogen-bond donors (Lipinski definition) is 0. The minimum absolute atomic E-state index is 0.0714. The van der Waals surface area contributed by atoms with Gasteiger partial charge in [0.25, 0.3) is 0 Å². The summed E-state index contributed by atoms with van der Waals surface area (Å²) in [4.78, 5) is 35.1. The fourth-order valence-electron chi connectivity index (χ4n) is 7.48. The SMILES string of the molecule is CC(=O)OC1=CC2=CCC3C(CCC4(C)C(OC(C)=O)CCC34)C2(C)C/C1=C(\OC(C)=O)C(F)(F)F. The number of fused-ring (bicyclic) bond motifs is 5. The van der Waals surface area contributed by atoms with Gasteiger partial charge in [-0.25, -0.2) is 0 Å². The molecule has 9 heteroatoms. The second-order valence-corrected chi connectivity index (χ2v) is 11.1. The van der Waals surface area contributed by atoms with Crippen LogP contribution in [0.1, 0.15) is 73.1 Å². The Balaban J connectivity index is 1.78. The smallest absolute Gasteiger partial charge is 0.450 e. The van der Waals surface area contributed by atoms with Crippen LogP contribution in [-0.2, 0) is 28.6 Å². The van der Waals surface area contributed by atoms with Crippen molar-refractivity contribution in [3.8, 4) is 0 Å². The molecule has 0 spiro atoms. The predicted molar refractivity (Wildman–Crippen MR) is 123 cm³/mol. The molecule has 198 valence electrons. The summed E-state index contributed by atoms with van der Waals surface area (Å²) in [5.41, 5.74) is -0.313. The van der Waals surface area contributed by atoms with Crippen molar-refractivity contribution in [3.05, 3.63) is 34.8 Å². The number of carbonyl (C=O) groups is 3. The van der Waals surface area contributed by atoms with Gasteiger partial charge in [-0.3, -0.25) is 14.4 Å². The number of esters is 3. The third-order valence-corrected chi connectivity index (χ3v) is 8.91. The maximum atomic E-state index is 14.1. The second kappa shape index (κ2) is 9.06. The van der Waals surface area contributed by atoms with Crippen molar-refractivity contribution in [1.82, 2.24) is 0 Å². The van der Waals surface area contributed by atoms with E-state index in [-0.39, 0.29) is 53.0 Å². The molecule has 0 radical (unpaired) electrons. The molecule has 4 aliphatic rings. The number of ether oxygens (including phenoxy) is 3. The van der Waals surface area contributed by atoms with Gasteiger partial charge in [0.2, 0.25) is 5.76 Å². The van der Waals surface area contributed by atoms with E-state index in [0.29, 0.717) is 0 Å². The summed E-state index contributed by atoms with van der Waals surface area (Å²) in [6.07, 6.45) is 2.38. The molecule has 0 aromatic rings. The van der Waals surface area contributed by atoms with Crippen LogP contribution in [0, 0.1) is 28.6 Å². The molecule has 0 aromatic heterocycles. The Morgan fingerprint density at radius 1 is 0.972 bits per heavy atom. The third-order valence-electron chi connectivity index (χ3n) is 8.91. The Morgan fingerprint density at radius 3 is 2.25 bits per heavy atom. The molecule has 0 amide bonds. The lowest BCUT2D eigenvalue weighted by Gasteiger charge is -2.56. The molecule has 4 rings (SSSR count). The van der Waals surface area contributed by atoms with E-state index in [1.54, 1.807) is 0 Å². The van der Waals surface area contributed by atoms with Crippen molar-refractivity contribution >= 4 is 17.9 Å². The summed E-state index contributed by atoms with van der Waals surface area (Å²) in [5, 5.41) is 0. The fraction of sp³-hybridized carbons (Fsp3) is 0.667. The van der Waals surface area contributed by atoms with Gasteiger partial charge in [0, 0.05) is 31.8 Å². The van der Waals surface area contributed by atoms with Crippen molar-refractivity contribution in [1.29, 1.82) is 0 Å². The highest BCUT2D eigenvalue weighted by atomic mass is 19.4. The highest BCUT2D eigenvalue weighted by molar-refractivity contribution is 5.70. The molecule has 0 aliphatic heterocycles. The van der Waals surface area contributed by atoms with Crippen LogP contribution in [0.5, 0.6) is 0 Å². The van der Waals surface area contributed by atoms with Crippen LogP contribution in [0.2, 0.25) is 0 Å². The van der Waals surface area contributed by atoms with Gasteiger partial charge in [0.05, 0.1) is 0 Å². The zero-order chi connectivity index (χ0) is 26.6. The van der Waals surface area contributed by atoms with E-state index in [9.17, 15) is 27.6 Å². The van der Waals surface area contributed by atoms with E-state index >= 15 is 0 Å². The van der Waals surface area contributed by atoms with Crippen LogP contribution >= 0.6 is 0 Å². The van der Waals surface area contributed by atoms with Crippen molar-refractivity contribution in [2.24, 2.45) is 28.6 Å². The second-order valence-electron chi connectivity index (χ2n) is 11.1. The van der Waals surface area contributed by atoms with Crippen LogP contribution in [0.25, 0.3) is 0 Å². The maximum Gasteiger partial charge on any atom is 0.450 e. The van der Waals surface area contributed by atoms with Crippen molar-refractivity contribution in [3.63, 3.8) is 0 Å². The molecule has 0 heterocycles. The monoisotopic (exact) mass is 510 g/mol. The van der Waals surface area contributed by atoms with Crippen LogP contribution in [0.3, 0.4) is 0 Å². The molecule has 6 nitrogen and oxygen atoms in total. The van der Waals surface area contributed by atoms with E-state index < -0.39 is 29.3 Å². The van der Waals surface area contributed by atoms with Gasteiger partial charge in [-0.2, -0.15) is 13.2 Å². The van der Waals surface area contributed by atoms with Crippen molar-refractivity contribution in [2.45, 2.75) is 85.4 Å². The molecule has 6 atom stereocenters. The van der Waals surface area contributed by atoms with E-state index in [4.69, 9.17) is 9.47 Å². The van der Waals surface area contributed by atoms with E-state index in [2.05, 4.69) is 11.7 Å². The summed E-state index contributed by atoms with van der Waals surface area (Å²) in [7, 11) is 0. The summed E-state index contributed by atoms with van der Waals surface area (Å²) >= 11 is 0. The molecule has 0 bridgehead atoms. The topological polar surface area (TPSA) is 78.9 Å². The quantitative estimate of drug-likeness (QED) is 0.266. The summed E-state index contributed by atoms with van der Waals surface area (Å²) < 4.78 is 57.8. The molecular weight excluding hydrogens is 477 g/mol. The molecule has 4 aliphatic carbocycles. The first-order valence-electron chi connectivity index (χ1n) is 12.4. The van der Waals surface area contributed by atoms with E-state index in [1.165, 1.54) is 13.0 Å². The maximum absolute atomic E-state index is 14.1. The average molecular weight is 511 g/mol. The number of carbonyl (C=O) groups excluding carboxylic acids is 3. The summed E-state index contributed by atoms with van der Waals surface area (Å²) in [6.45, 7) is 7.58. The van der Waals surface area contributed by atoms with Gasteiger partial charge in [0.15, 0.2) is 0 Å². The van der Waals surface area contributed by atoms with Crippen molar-refractivity contribution in [2.75, 3.05) is 0 Å². The predicted octanol–water partition coefficient (Wildman–Crippen LogP) is 5.93. The number of rotatable bonds is 3. The average Bonchev–Trinajstić information content (AvgIpc) is 3.06. The van der Waals surface area contributed by atoms with Gasteiger partial charge in [-0.15, -0.1) is 0 Å². The molecule has 6 unspecified atom stereocenters. The summed E-state index contributed by atoms with van der Waals surface area (Å²) in [6, 6.07) is 0. The van der Waals surface area contributed by atoms with Crippen LogP contribution in [0.15, 0.2) is 34.8 Å². The lowest BCUT2D eigenvalue weighted by atomic mass is 9.48. The van der Waals surface area contributed by atoms with Crippen molar-refractivity contribution < 1.29 is 41.8 Å². The Morgan fingerprint density at radius 2 is 1.67 bits per heavy atom. The molecule has 2 fully saturated rings. The minimum atomic E-state index is -4.94. The van der Waals surface area contributed by atoms with Gasteiger partial charge >= 0.3 is 24.1 Å². The standard InChI is InChI=1S/C27H33F3O6/c1-14(31)34-22-12-17-6-7-18-20-8-9-23(35-15(2)32)25(20,4)11-10-21(18)26(17,5)13-19(22)24(27(28,29)30)36-16(3)33/h6,12,18,20-21,23H,7-11,13H2,1-5H3/b24-19+. The highest BCUT2D eigenvalue weighted by Crippen LogP contribution is 2.65. The van der Waals surface area contributed by atoms with E-state index in [1.807, 2.05) is 13.0 Å². The number of halogens is 3. The fourth-order valence-corrected chi connectivity index (χ4v) is 7.48. The van der Waals surface area contributed by atoms with Gasteiger partial charge in [-0.05, 0) is 73.3 Å². The van der Waals surface area contributed by atoms with Gasteiger partial charge in [0.1, 0.15) is 11.9 Å².